The number of carbonyl (C=O) groups excluding carboxylic acids is 2. The van der Waals surface area contributed by atoms with Crippen LogP contribution in [0.5, 0.6) is 0 Å². The zero-order valence-electron chi connectivity index (χ0n) is 15.5. The molecule has 4 rings (SSSR count). The number of tetrazole rings is 1. The van der Waals surface area contributed by atoms with Crippen molar-refractivity contribution in [3.63, 3.8) is 0 Å². The number of para-hydroxylation sites is 1. The third kappa shape index (κ3) is 3.66. The first-order valence-electron chi connectivity index (χ1n) is 8.90. The summed E-state index contributed by atoms with van der Waals surface area (Å²) in [5.74, 6) is -1.09. The van der Waals surface area contributed by atoms with E-state index in [1.807, 2.05) is 36.4 Å². The van der Waals surface area contributed by atoms with Crippen LogP contribution in [0, 0.1) is 11.3 Å². The second-order valence-electron chi connectivity index (χ2n) is 6.40. The van der Waals surface area contributed by atoms with E-state index < -0.39 is 11.2 Å². The molecule has 0 spiro atoms. The van der Waals surface area contributed by atoms with Gasteiger partial charge in [-0.3, -0.25) is 14.5 Å². The summed E-state index contributed by atoms with van der Waals surface area (Å²) in [6, 6.07) is 18.2. The number of rotatable bonds is 5. The molecular weight excluding hydrogens is 402 g/mol. The Labute approximate surface area is 175 Å². The predicted molar refractivity (Wildman–Crippen MR) is 110 cm³/mol. The molecule has 1 aromatic heterocycles. The van der Waals surface area contributed by atoms with Crippen LogP contribution in [0.4, 0.5) is 5.69 Å². The number of carbonyl (C=O) groups is 2. The summed E-state index contributed by atoms with van der Waals surface area (Å²) in [5, 5.41) is 20.3. The van der Waals surface area contributed by atoms with Gasteiger partial charge in [0.05, 0.1) is 10.9 Å². The van der Waals surface area contributed by atoms with Gasteiger partial charge in [-0.1, -0.05) is 42.1 Å². The Morgan fingerprint density at radius 3 is 2.60 bits per heavy atom. The van der Waals surface area contributed by atoms with Crippen molar-refractivity contribution in [1.29, 1.82) is 5.26 Å². The zero-order valence-corrected chi connectivity index (χ0v) is 16.4. The number of hydrogen-bond acceptors (Lipinski definition) is 7. The summed E-state index contributed by atoms with van der Waals surface area (Å²) in [7, 11) is 0. The number of anilines is 1. The highest BCUT2D eigenvalue weighted by molar-refractivity contribution is 8.05. The minimum atomic E-state index is -0.866. The topological polar surface area (TPSA) is 131 Å². The van der Waals surface area contributed by atoms with Crippen LogP contribution in [0.1, 0.15) is 5.56 Å². The van der Waals surface area contributed by atoms with Crippen molar-refractivity contribution in [2.75, 3.05) is 4.90 Å². The van der Waals surface area contributed by atoms with Gasteiger partial charge in [-0.05, 0) is 46.7 Å². The number of nitrogens with zero attached hydrogens (tertiary/aromatic N) is 6. The Bertz CT molecular complexity index is 1170. The fourth-order valence-electron chi connectivity index (χ4n) is 3.13. The molecule has 1 atom stereocenters. The molecule has 2 amide bonds. The van der Waals surface area contributed by atoms with Crippen molar-refractivity contribution >= 4 is 29.3 Å². The lowest BCUT2D eigenvalue weighted by molar-refractivity contribution is -0.117. The van der Waals surface area contributed by atoms with Gasteiger partial charge in [-0.25, -0.2) is 4.68 Å². The lowest BCUT2D eigenvalue weighted by Gasteiger charge is -2.18. The molecule has 1 aliphatic rings. The zero-order chi connectivity index (χ0) is 21.1. The molecular formula is C20H15N7O2S. The van der Waals surface area contributed by atoms with Crippen LogP contribution in [0.25, 0.3) is 5.69 Å². The minimum Gasteiger partial charge on any atom is -0.365 e. The highest BCUT2D eigenvalue weighted by Gasteiger charge is 2.40. The van der Waals surface area contributed by atoms with Gasteiger partial charge in [0.25, 0.3) is 5.91 Å². The van der Waals surface area contributed by atoms with E-state index in [0.717, 1.165) is 11.3 Å². The minimum absolute atomic E-state index is 0.219. The molecule has 2 N–H and O–H groups in total. The Balaban J connectivity index is 1.69. The molecule has 1 aliphatic heterocycles. The molecule has 2 heterocycles. The van der Waals surface area contributed by atoms with Crippen molar-refractivity contribution in [3.05, 3.63) is 77.1 Å². The number of thioether (sulfide) groups is 1. The maximum Gasteiger partial charge on any atom is 0.262 e. The van der Waals surface area contributed by atoms with Crippen LogP contribution in [-0.2, 0) is 16.0 Å². The molecule has 0 bridgehead atoms. The quantitative estimate of drug-likeness (QED) is 0.492. The largest absolute Gasteiger partial charge is 0.365 e. The summed E-state index contributed by atoms with van der Waals surface area (Å²) in [6.07, 6.45) is 1.88. The van der Waals surface area contributed by atoms with Crippen molar-refractivity contribution in [2.24, 2.45) is 5.73 Å². The van der Waals surface area contributed by atoms with Crippen LogP contribution in [0.2, 0.25) is 0 Å². The van der Waals surface area contributed by atoms with E-state index in [4.69, 9.17) is 5.73 Å². The molecule has 2 aromatic carbocycles. The van der Waals surface area contributed by atoms with Gasteiger partial charge in [0.2, 0.25) is 5.91 Å². The Kier molecular flexibility index (Phi) is 5.28. The van der Waals surface area contributed by atoms with Crippen molar-refractivity contribution < 1.29 is 9.59 Å². The van der Waals surface area contributed by atoms with E-state index in [1.165, 1.54) is 27.7 Å². The third-order valence-electron chi connectivity index (χ3n) is 4.48. The Hall–Kier alpha value is -3.97. The van der Waals surface area contributed by atoms with Gasteiger partial charge < -0.3 is 5.73 Å². The van der Waals surface area contributed by atoms with Gasteiger partial charge in [0, 0.05) is 5.69 Å². The molecule has 9 nitrogen and oxygen atoms in total. The first kappa shape index (κ1) is 19.4. The number of hydrogen-bond donors (Lipinski definition) is 1. The molecule has 30 heavy (non-hydrogen) atoms. The average Bonchev–Trinajstić information content (AvgIpc) is 3.39. The van der Waals surface area contributed by atoms with E-state index in [0.29, 0.717) is 12.1 Å². The predicted octanol–water partition coefficient (Wildman–Crippen LogP) is 1.57. The van der Waals surface area contributed by atoms with Gasteiger partial charge in [-0.15, -0.1) is 5.10 Å². The molecule has 1 fully saturated rings. The fourth-order valence-corrected chi connectivity index (χ4v) is 4.45. The fraction of sp³-hybridized carbons (Fsp3) is 0.100. The molecule has 1 saturated heterocycles. The second kappa shape index (κ2) is 8.18. The maximum atomic E-state index is 13.2. The van der Waals surface area contributed by atoms with Crippen LogP contribution < -0.4 is 10.6 Å². The Morgan fingerprint density at radius 2 is 1.93 bits per heavy atom. The lowest BCUT2D eigenvalue weighted by atomic mass is 10.1. The van der Waals surface area contributed by atoms with Gasteiger partial charge >= 0.3 is 0 Å². The first-order chi connectivity index (χ1) is 14.6. The molecule has 3 aromatic rings. The van der Waals surface area contributed by atoms with Gasteiger partial charge in [-0.2, -0.15) is 5.26 Å². The second-order valence-corrected chi connectivity index (χ2v) is 7.59. The molecule has 0 aliphatic carbocycles. The summed E-state index contributed by atoms with van der Waals surface area (Å²) in [6.45, 7) is 0. The number of nitriles is 1. The monoisotopic (exact) mass is 417 g/mol. The van der Waals surface area contributed by atoms with Gasteiger partial charge in [0.15, 0.2) is 0 Å². The summed E-state index contributed by atoms with van der Waals surface area (Å²) in [5.41, 5.74) is 7.38. The average molecular weight is 417 g/mol. The highest BCUT2D eigenvalue weighted by Crippen LogP contribution is 2.41. The molecule has 0 saturated carbocycles. The summed E-state index contributed by atoms with van der Waals surface area (Å²) in [4.78, 5) is 26.5. The van der Waals surface area contributed by atoms with E-state index in [-0.39, 0.29) is 16.5 Å². The summed E-state index contributed by atoms with van der Waals surface area (Å²) >= 11 is 1.17. The van der Waals surface area contributed by atoms with Gasteiger partial charge in [0.1, 0.15) is 23.0 Å². The molecule has 0 unspecified atom stereocenters. The SMILES string of the molecule is N#C/C(C(N)=O)=C1\S[C@@H](Cc2cccc(-n3cnnn3)c2)C(=O)N1c1ccccc1. The summed E-state index contributed by atoms with van der Waals surface area (Å²) < 4.78 is 1.52. The first-order valence-corrected chi connectivity index (χ1v) is 9.78. The van der Waals surface area contributed by atoms with Crippen molar-refractivity contribution in [1.82, 2.24) is 20.2 Å². The number of nitrogens with two attached hydrogens (primary N) is 1. The third-order valence-corrected chi connectivity index (χ3v) is 5.75. The van der Waals surface area contributed by atoms with E-state index in [9.17, 15) is 14.9 Å². The normalized spacial score (nSPS) is 17.6. The van der Waals surface area contributed by atoms with E-state index >= 15 is 0 Å². The lowest BCUT2D eigenvalue weighted by Crippen LogP contribution is -2.31. The molecule has 148 valence electrons. The van der Waals surface area contributed by atoms with Crippen LogP contribution in [0.3, 0.4) is 0 Å². The maximum absolute atomic E-state index is 13.2. The number of aromatic nitrogens is 4. The standard InChI is InChI=1S/C20H15N7O2S/c21-11-16(18(22)28)20-27(14-6-2-1-3-7-14)19(29)17(30-20)10-13-5-4-8-15(9-13)26-12-23-24-25-26/h1-9,12,17H,10H2,(H2,22,28)/b20-16+/t17-/m0/s1. The van der Waals surface area contributed by atoms with E-state index in [2.05, 4.69) is 15.5 Å². The number of primary amides is 1. The smallest absolute Gasteiger partial charge is 0.262 e. The van der Waals surface area contributed by atoms with Crippen LogP contribution >= 0.6 is 11.8 Å². The molecule has 10 heteroatoms. The Morgan fingerprint density at radius 1 is 1.17 bits per heavy atom. The van der Waals surface area contributed by atoms with Crippen molar-refractivity contribution in [3.8, 4) is 11.8 Å². The van der Waals surface area contributed by atoms with E-state index in [1.54, 1.807) is 24.3 Å². The van der Waals surface area contributed by atoms with Crippen molar-refractivity contribution in [2.45, 2.75) is 11.7 Å². The highest BCUT2D eigenvalue weighted by atomic mass is 32.2. The number of amides is 2. The molecule has 0 radical (unpaired) electrons. The van der Waals surface area contributed by atoms with Crippen LogP contribution in [0.15, 0.2) is 71.5 Å². The number of benzene rings is 2. The van der Waals surface area contributed by atoms with Crippen LogP contribution in [-0.4, -0.2) is 37.3 Å².